The number of anilines is 1. The van der Waals surface area contributed by atoms with E-state index in [1.54, 1.807) is 4.90 Å². The number of amides is 1. The number of hydrogen-bond acceptors (Lipinski definition) is 3. The summed E-state index contributed by atoms with van der Waals surface area (Å²) in [6.45, 7) is 6.23. The van der Waals surface area contributed by atoms with E-state index in [-0.39, 0.29) is 17.3 Å². The molecule has 0 saturated carbocycles. The van der Waals surface area contributed by atoms with Gasteiger partial charge in [-0.05, 0) is 31.2 Å². The van der Waals surface area contributed by atoms with Crippen molar-refractivity contribution in [2.45, 2.75) is 39.5 Å². The molecule has 1 aliphatic heterocycles. The monoisotopic (exact) mass is 293 g/mol. The number of hydrogen-bond donors (Lipinski definition) is 1. The molecule has 0 aromatic carbocycles. The normalized spacial score (nSPS) is 18.6. The molecule has 5 heteroatoms. The van der Waals surface area contributed by atoms with Crippen molar-refractivity contribution in [3.8, 4) is 0 Å². The Morgan fingerprint density at radius 3 is 3.05 bits per heavy atom. The van der Waals surface area contributed by atoms with Gasteiger partial charge in [0.15, 0.2) is 11.6 Å². The number of piperidine rings is 1. The maximum Gasteiger partial charge on any atom is 0.257 e. The second-order valence-electron chi connectivity index (χ2n) is 5.62. The Hall–Kier alpha value is -1.65. The van der Waals surface area contributed by atoms with Crippen LogP contribution >= 0.6 is 0 Å². The fourth-order valence-corrected chi connectivity index (χ4v) is 2.73. The molecule has 0 aliphatic carbocycles. The summed E-state index contributed by atoms with van der Waals surface area (Å²) in [7, 11) is 0. The van der Waals surface area contributed by atoms with Gasteiger partial charge >= 0.3 is 0 Å². The summed E-state index contributed by atoms with van der Waals surface area (Å²) in [4.78, 5) is 18.3. The first-order chi connectivity index (χ1) is 10.2. The van der Waals surface area contributed by atoms with Crippen molar-refractivity contribution >= 4 is 11.7 Å². The third-order valence-electron chi connectivity index (χ3n) is 4.05. The smallest absolute Gasteiger partial charge is 0.257 e. The van der Waals surface area contributed by atoms with E-state index >= 15 is 0 Å². The highest BCUT2D eigenvalue weighted by Crippen LogP contribution is 2.23. The number of carbonyl (C=O) groups is 1. The predicted octanol–water partition coefficient (Wildman–Crippen LogP) is 3.30. The lowest BCUT2D eigenvalue weighted by atomic mass is 9.95. The summed E-state index contributed by atoms with van der Waals surface area (Å²) in [6, 6.07) is 1.48. The van der Waals surface area contributed by atoms with E-state index in [0.717, 1.165) is 38.8 Å². The molecule has 1 N–H and O–H groups in total. The van der Waals surface area contributed by atoms with Crippen molar-refractivity contribution in [2.24, 2.45) is 5.92 Å². The first-order valence-corrected chi connectivity index (χ1v) is 7.85. The Kier molecular flexibility index (Phi) is 5.53. The van der Waals surface area contributed by atoms with Crippen LogP contribution in [0, 0.1) is 11.7 Å². The minimum absolute atomic E-state index is 0.125. The van der Waals surface area contributed by atoms with E-state index < -0.39 is 5.82 Å². The minimum Gasteiger partial charge on any atom is -0.368 e. The van der Waals surface area contributed by atoms with Gasteiger partial charge in [-0.25, -0.2) is 9.37 Å². The maximum atomic E-state index is 14.4. The highest BCUT2D eigenvalue weighted by molar-refractivity contribution is 5.95. The van der Waals surface area contributed by atoms with Gasteiger partial charge in [0.1, 0.15) is 0 Å². The van der Waals surface area contributed by atoms with Gasteiger partial charge in [-0.1, -0.05) is 20.3 Å². The summed E-state index contributed by atoms with van der Waals surface area (Å²) >= 11 is 0. The van der Waals surface area contributed by atoms with Gasteiger partial charge in [0.05, 0.1) is 5.56 Å². The van der Waals surface area contributed by atoms with Crippen LogP contribution in [0.2, 0.25) is 0 Å². The molecule has 0 bridgehead atoms. The number of rotatable bonds is 5. The number of nitrogens with one attached hydrogen (secondary N) is 1. The summed E-state index contributed by atoms with van der Waals surface area (Å²) in [5, 5.41) is 2.92. The van der Waals surface area contributed by atoms with E-state index in [1.807, 2.05) is 6.92 Å². The van der Waals surface area contributed by atoms with Crippen LogP contribution in [-0.4, -0.2) is 35.4 Å². The van der Waals surface area contributed by atoms with Crippen LogP contribution in [0.25, 0.3) is 0 Å². The quantitative estimate of drug-likeness (QED) is 0.906. The SMILES string of the molecule is CCCNc1nccc(C(=O)N2CCCC(CC)C2)c1F. The molecule has 0 radical (unpaired) electrons. The minimum atomic E-state index is -0.533. The highest BCUT2D eigenvalue weighted by Gasteiger charge is 2.26. The number of carbonyl (C=O) groups excluding carboxylic acids is 1. The van der Waals surface area contributed by atoms with Gasteiger partial charge < -0.3 is 10.2 Å². The Morgan fingerprint density at radius 1 is 1.52 bits per heavy atom. The molecule has 116 valence electrons. The van der Waals surface area contributed by atoms with Crippen LogP contribution < -0.4 is 5.32 Å². The number of pyridine rings is 1. The summed E-state index contributed by atoms with van der Waals surface area (Å²) in [5.41, 5.74) is 0.125. The third-order valence-corrected chi connectivity index (χ3v) is 4.05. The van der Waals surface area contributed by atoms with Crippen molar-refractivity contribution < 1.29 is 9.18 Å². The second kappa shape index (κ2) is 7.38. The first kappa shape index (κ1) is 15.7. The molecule has 1 aromatic rings. The standard InChI is InChI=1S/C16H24FN3O/c1-3-8-18-15-14(17)13(7-9-19-15)16(21)20-10-5-6-12(4-2)11-20/h7,9,12H,3-6,8,10-11H2,1-2H3,(H,18,19). The number of aromatic nitrogens is 1. The highest BCUT2D eigenvalue weighted by atomic mass is 19.1. The van der Waals surface area contributed by atoms with Gasteiger partial charge in [-0.15, -0.1) is 0 Å². The molecule has 4 nitrogen and oxygen atoms in total. The second-order valence-corrected chi connectivity index (χ2v) is 5.62. The summed E-state index contributed by atoms with van der Waals surface area (Å²) < 4.78 is 14.4. The molecule has 1 fully saturated rings. The molecule has 21 heavy (non-hydrogen) atoms. The average molecular weight is 293 g/mol. The van der Waals surface area contributed by atoms with Crippen molar-refractivity contribution in [3.63, 3.8) is 0 Å². The third kappa shape index (κ3) is 3.71. The zero-order valence-corrected chi connectivity index (χ0v) is 12.9. The zero-order valence-electron chi connectivity index (χ0n) is 12.9. The molecule has 1 aromatic heterocycles. The van der Waals surface area contributed by atoms with Crippen LogP contribution in [0.1, 0.15) is 49.9 Å². The average Bonchev–Trinajstić information content (AvgIpc) is 2.53. The van der Waals surface area contributed by atoms with E-state index in [4.69, 9.17) is 0 Å². The fourth-order valence-electron chi connectivity index (χ4n) is 2.73. The van der Waals surface area contributed by atoms with Gasteiger partial charge in [0.2, 0.25) is 0 Å². The van der Waals surface area contributed by atoms with E-state index in [1.165, 1.54) is 12.3 Å². The molecule has 1 atom stereocenters. The predicted molar refractivity (Wildman–Crippen MR) is 81.9 cm³/mol. The number of nitrogens with zero attached hydrogens (tertiary/aromatic N) is 2. The largest absolute Gasteiger partial charge is 0.368 e. The Bertz CT molecular complexity index is 492. The molecule has 2 heterocycles. The molecular formula is C16H24FN3O. The Balaban J connectivity index is 2.15. The van der Waals surface area contributed by atoms with Crippen molar-refractivity contribution in [3.05, 3.63) is 23.6 Å². The molecule has 1 saturated heterocycles. The van der Waals surface area contributed by atoms with E-state index in [9.17, 15) is 9.18 Å². The van der Waals surface area contributed by atoms with Gasteiger partial charge in [-0.3, -0.25) is 4.79 Å². The molecular weight excluding hydrogens is 269 g/mol. The van der Waals surface area contributed by atoms with Crippen LogP contribution in [-0.2, 0) is 0 Å². The van der Waals surface area contributed by atoms with Gasteiger partial charge in [-0.2, -0.15) is 0 Å². The summed E-state index contributed by atoms with van der Waals surface area (Å²) in [6.07, 6.45) is 5.59. The lowest BCUT2D eigenvalue weighted by Gasteiger charge is -2.32. The maximum absolute atomic E-state index is 14.4. The van der Waals surface area contributed by atoms with Crippen LogP contribution in [0.3, 0.4) is 0 Å². The Morgan fingerprint density at radius 2 is 2.33 bits per heavy atom. The van der Waals surface area contributed by atoms with Crippen molar-refractivity contribution in [1.29, 1.82) is 0 Å². The molecule has 1 amide bonds. The van der Waals surface area contributed by atoms with E-state index in [0.29, 0.717) is 12.5 Å². The number of likely N-dealkylation sites (tertiary alicyclic amines) is 1. The van der Waals surface area contributed by atoms with Crippen LogP contribution in [0.4, 0.5) is 10.2 Å². The van der Waals surface area contributed by atoms with Crippen molar-refractivity contribution in [1.82, 2.24) is 9.88 Å². The lowest BCUT2D eigenvalue weighted by Crippen LogP contribution is -2.40. The van der Waals surface area contributed by atoms with Gasteiger partial charge in [0, 0.05) is 25.8 Å². The van der Waals surface area contributed by atoms with Crippen molar-refractivity contribution in [2.75, 3.05) is 25.0 Å². The topological polar surface area (TPSA) is 45.2 Å². The fraction of sp³-hybridized carbons (Fsp3) is 0.625. The first-order valence-electron chi connectivity index (χ1n) is 7.85. The van der Waals surface area contributed by atoms with E-state index in [2.05, 4.69) is 17.2 Å². The molecule has 1 unspecified atom stereocenters. The Labute approximate surface area is 125 Å². The molecule has 0 spiro atoms. The van der Waals surface area contributed by atoms with Gasteiger partial charge in [0.25, 0.3) is 5.91 Å². The zero-order chi connectivity index (χ0) is 15.2. The molecule has 1 aliphatic rings. The summed E-state index contributed by atoms with van der Waals surface area (Å²) in [5.74, 6) is -0.0424. The number of halogens is 1. The van der Waals surface area contributed by atoms with Crippen LogP contribution in [0.15, 0.2) is 12.3 Å². The lowest BCUT2D eigenvalue weighted by molar-refractivity contribution is 0.0666. The van der Waals surface area contributed by atoms with Crippen LogP contribution in [0.5, 0.6) is 0 Å². The molecule has 2 rings (SSSR count).